The molecular formula is C78H152O3. The predicted molar refractivity (Wildman–Crippen MR) is 361 cm³/mol. The van der Waals surface area contributed by atoms with Crippen LogP contribution in [-0.4, -0.2) is 22.3 Å². The van der Waals surface area contributed by atoms with Crippen LogP contribution in [0.4, 0.5) is 0 Å². The van der Waals surface area contributed by atoms with E-state index in [0.717, 1.165) is 49.4 Å². The summed E-state index contributed by atoms with van der Waals surface area (Å²) < 4.78 is 0. The van der Waals surface area contributed by atoms with Crippen molar-refractivity contribution >= 4 is 5.97 Å². The van der Waals surface area contributed by atoms with Crippen LogP contribution in [0.25, 0.3) is 0 Å². The summed E-state index contributed by atoms with van der Waals surface area (Å²) in [6.07, 6.45) is 96.0. The number of hydrogen-bond acceptors (Lipinski definition) is 2. The van der Waals surface area contributed by atoms with E-state index in [4.69, 9.17) is 0 Å². The first-order chi connectivity index (χ1) is 40.1. The predicted octanol–water partition coefficient (Wildman–Crippen LogP) is 27.5. The number of hydrogen-bond donors (Lipinski definition) is 2. The topological polar surface area (TPSA) is 57.5 Å². The lowest BCUT2D eigenvalue weighted by Crippen LogP contribution is -2.28. The number of carboxylic acid groups (broad SMARTS) is 1. The highest BCUT2D eigenvalue weighted by Crippen LogP contribution is 2.47. The summed E-state index contributed by atoms with van der Waals surface area (Å²) in [6, 6.07) is 0. The third-order valence-corrected chi connectivity index (χ3v) is 20.7. The molecule has 2 aliphatic rings. The van der Waals surface area contributed by atoms with E-state index >= 15 is 0 Å². The highest BCUT2D eigenvalue weighted by atomic mass is 16.4. The van der Waals surface area contributed by atoms with Gasteiger partial charge in [-0.15, -0.1) is 0 Å². The van der Waals surface area contributed by atoms with Crippen LogP contribution in [-0.2, 0) is 4.79 Å². The molecule has 2 saturated carbocycles. The summed E-state index contributed by atoms with van der Waals surface area (Å²) in [5.74, 6) is 2.99. The number of carbonyl (C=O) groups is 1. The lowest BCUT2D eigenvalue weighted by Gasteiger charge is -2.19. The van der Waals surface area contributed by atoms with Gasteiger partial charge in [0, 0.05) is 0 Å². The molecule has 3 nitrogen and oxygen atoms in total. The molecule has 482 valence electrons. The van der Waals surface area contributed by atoms with Gasteiger partial charge < -0.3 is 10.2 Å². The van der Waals surface area contributed by atoms with Crippen LogP contribution >= 0.6 is 0 Å². The summed E-state index contributed by atoms with van der Waals surface area (Å²) in [5.41, 5.74) is 0. The summed E-state index contributed by atoms with van der Waals surface area (Å²) in [6.45, 7) is 4.61. The highest BCUT2D eigenvalue weighted by molar-refractivity contribution is 5.70. The van der Waals surface area contributed by atoms with Gasteiger partial charge in [0.2, 0.25) is 0 Å². The van der Waals surface area contributed by atoms with Crippen molar-refractivity contribution in [1.82, 2.24) is 0 Å². The lowest BCUT2D eigenvalue weighted by atomic mass is 9.91. The molecule has 0 heterocycles. The molecule has 0 amide bonds. The summed E-state index contributed by atoms with van der Waals surface area (Å²) in [7, 11) is 0. The van der Waals surface area contributed by atoms with Gasteiger partial charge in [-0.05, 0) is 49.4 Å². The Bertz CT molecular complexity index is 1230. The van der Waals surface area contributed by atoms with Crippen molar-refractivity contribution in [3.05, 3.63) is 0 Å². The van der Waals surface area contributed by atoms with Gasteiger partial charge in [-0.1, -0.05) is 431 Å². The Morgan fingerprint density at radius 1 is 0.259 bits per heavy atom. The Hall–Kier alpha value is -0.570. The molecule has 2 aliphatic carbocycles. The SMILES string of the molecule is CCCCCCCCCCCCCCCCCCCCCCCC[C@@H](C(=O)O)[C@H](O)CCCCCCCCCCC[C@H]1CC1CCCCCCCCCCCCCC[C@H]1CC1CCCCCCCCCCCCCCCCCCCC. The zero-order valence-electron chi connectivity index (χ0n) is 56.1. The molecule has 0 spiro atoms. The fourth-order valence-corrected chi connectivity index (χ4v) is 14.6. The molecule has 0 radical (unpaired) electrons. The standard InChI is InChI=1S/C78H152O3/c1-3-5-7-9-11-13-15-17-19-21-23-24-25-26-28-30-32-38-44-50-56-62-68-76(78(80)81)77(79)69-63-57-51-45-39-43-49-55-61-67-75-71-74(75)66-60-54-48-42-37-34-33-36-41-47-53-59-65-73-70-72(73)64-58-52-46-40-35-31-29-27-22-20-18-16-14-12-10-8-6-4-2/h72-77,79H,3-71H2,1-2H3,(H,80,81)/t72?,73-,74?,75-,76+,77+/m0/s1. The Balaban J connectivity index is 1.20. The summed E-state index contributed by atoms with van der Waals surface area (Å²) in [4.78, 5) is 12.0. The second-order valence-corrected chi connectivity index (χ2v) is 28.6. The molecule has 2 rings (SSSR count). The summed E-state index contributed by atoms with van der Waals surface area (Å²) in [5, 5.41) is 20.6. The molecular weight excluding hydrogens is 985 g/mol. The van der Waals surface area contributed by atoms with Crippen molar-refractivity contribution in [1.29, 1.82) is 0 Å². The third-order valence-electron chi connectivity index (χ3n) is 20.7. The molecule has 6 atom stereocenters. The molecule has 2 N–H and O–H groups in total. The van der Waals surface area contributed by atoms with Crippen LogP contribution in [0.3, 0.4) is 0 Å². The number of aliphatic hydroxyl groups excluding tert-OH is 1. The fourth-order valence-electron chi connectivity index (χ4n) is 14.6. The first-order valence-corrected chi connectivity index (χ1v) is 39.0. The largest absolute Gasteiger partial charge is 0.481 e. The molecule has 0 bridgehead atoms. The van der Waals surface area contributed by atoms with Crippen LogP contribution in [0, 0.1) is 29.6 Å². The molecule has 3 heteroatoms. The van der Waals surface area contributed by atoms with Gasteiger partial charge in [0.05, 0.1) is 12.0 Å². The molecule has 81 heavy (non-hydrogen) atoms. The van der Waals surface area contributed by atoms with Crippen LogP contribution in [0.5, 0.6) is 0 Å². The monoisotopic (exact) mass is 1140 g/mol. The van der Waals surface area contributed by atoms with E-state index in [2.05, 4.69) is 13.8 Å². The van der Waals surface area contributed by atoms with E-state index in [-0.39, 0.29) is 0 Å². The van der Waals surface area contributed by atoms with Crippen molar-refractivity contribution in [2.24, 2.45) is 29.6 Å². The molecule has 0 aromatic heterocycles. The normalized spacial score (nSPS) is 17.6. The molecule has 0 aromatic rings. The van der Waals surface area contributed by atoms with Gasteiger partial charge in [0.15, 0.2) is 0 Å². The fraction of sp³-hybridized carbons (Fsp3) is 0.987. The lowest BCUT2D eigenvalue weighted by molar-refractivity contribution is -0.146. The zero-order chi connectivity index (χ0) is 57.8. The maximum absolute atomic E-state index is 12.0. The van der Waals surface area contributed by atoms with Crippen LogP contribution < -0.4 is 0 Å². The maximum atomic E-state index is 12.0. The van der Waals surface area contributed by atoms with Gasteiger partial charge in [0.1, 0.15) is 0 Å². The van der Waals surface area contributed by atoms with Crippen molar-refractivity contribution < 1.29 is 15.0 Å². The number of rotatable bonds is 71. The van der Waals surface area contributed by atoms with Crippen molar-refractivity contribution in [2.45, 2.75) is 463 Å². The number of aliphatic hydroxyl groups is 1. The van der Waals surface area contributed by atoms with Crippen molar-refractivity contribution in [3.8, 4) is 0 Å². The first kappa shape index (κ1) is 76.5. The average Bonchev–Trinajstić information content (AvgIpc) is 4.43. The van der Waals surface area contributed by atoms with E-state index in [9.17, 15) is 15.0 Å². The molecule has 2 unspecified atom stereocenters. The van der Waals surface area contributed by atoms with Crippen LogP contribution in [0.15, 0.2) is 0 Å². The van der Waals surface area contributed by atoms with E-state index in [1.165, 1.54) is 385 Å². The second-order valence-electron chi connectivity index (χ2n) is 28.6. The Labute approximate surface area is 511 Å². The van der Waals surface area contributed by atoms with Crippen LogP contribution in [0.1, 0.15) is 457 Å². The van der Waals surface area contributed by atoms with Gasteiger partial charge in [-0.3, -0.25) is 4.79 Å². The molecule has 0 aliphatic heterocycles. The quantitative estimate of drug-likeness (QED) is 0.0597. The molecule has 0 saturated heterocycles. The smallest absolute Gasteiger partial charge is 0.309 e. The number of aliphatic carboxylic acids is 1. The van der Waals surface area contributed by atoms with E-state index in [0.29, 0.717) is 12.8 Å². The first-order valence-electron chi connectivity index (χ1n) is 39.0. The van der Waals surface area contributed by atoms with E-state index < -0.39 is 18.0 Å². The summed E-state index contributed by atoms with van der Waals surface area (Å²) >= 11 is 0. The molecule has 2 fully saturated rings. The van der Waals surface area contributed by atoms with Gasteiger partial charge in [-0.25, -0.2) is 0 Å². The Morgan fingerprint density at radius 2 is 0.420 bits per heavy atom. The van der Waals surface area contributed by atoms with E-state index in [1.807, 2.05) is 0 Å². The minimum absolute atomic E-state index is 0.580. The maximum Gasteiger partial charge on any atom is 0.309 e. The van der Waals surface area contributed by atoms with Gasteiger partial charge >= 0.3 is 5.97 Å². The Morgan fingerprint density at radius 3 is 0.605 bits per heavy atom. The molecule has 0 aromatic carbocycles. The second kappa shape index (κ2) is 61.1. The minimum Gasteiger partial charge on any atom is -0.481 e. The highest BCUT2D eigenvalue weighted by Gasteiger charge is 2.36. The van der Waals surface area contributed by atoms with Crippen molar-refractivity contribution in [3.63, 3.8) is 0 Å². The van der Waals surface area contributed by atoms with Crippen LogP contribution in [0.2, 0.25) is 0 Å². The van der Waals surface area contributed by atoms with E-state index in [1.54, 1.807) is 19.3 Å². The van der Waals surface area contributed by atoms with Crippen molar-refractivity contribution in [2.75, 3.05) is 0 Å². The van der Waals surface area contributed by atoms with Gasteiger partial charge in [0.25, 0.3) is 0 Å². The Kier molecular flexibility index (Phi) is 57.7. The minimum atomic E-state index is -0.795. The van der Waals surface area contributed by atoms with Gasteiger partial charge in [-0.2, -0.15) is 0 Å². The third kappa shape index (κ3) is 53.4. The number of carboxylic acids is 1. The average molecular weight is 1140 g/mol. The number of unbranched alkanes of at least 4 members (excludes halogenated alkanes) is 57. The zero-order valence-corrected chi connectivity index (χ0v) is 56.1.